The predicted molar refractivity (Wildman–Crippen MR) is 93.0 cm³/mol. The maximum Gasteiger partial charge on any atom is 0.0191 e. The first kappa shape index (κ1) is 16.8. The second-order valence-corrected chi connectivity index (χ2v) is 10.9. The van der Waals surface area contributed by atoms with Gasteiger partial charge in [-0.2, -0.15) is 0 Å². The van der Waals surface area contributed by atoms with Crippen molar-refractivity contribution in [3.8, 4) is 0 Å². The van der Waals surface area contributed by atoms with Crippen LogP contribution in [0.15, 0.2) is 0 Å². The summed E-state index contributed by atoms with van der Waals surface area (Å²) in [6.07, 6.45) is 16.6. The molecule has 0 amide bonds. The highest BCUT2D eigenvalue weighted by Crippen LogP contribution is 2.56. The van der Waals surface area contributed by atoms with Gasteiger partial charge in [0.1, 0.15) is 0 Å². The van der Waals surface area contributed by atoms with Crippen molar-refractivity contribution < 1.29 is 0 Å². The SMILES string of the molecule is CN(CP(C1CCCCC1)C1CCCCC1)C(C)(C)C. The lowest BCUT2D eigenvalue weighted by molar-refractivity contribution is 0.205. The lowest BCUT2D eigenvalue weighted by Gasteiger charge is -2.43. The van der Waals surface area contributed by atoms with E-state index in [-0.39, 0.29) is 7.92 Å². The van der Waals surface area contributed by atoms with Crippen molar-refractivity contribution in [2.45, 2.75) is 102 Å². The molecule has 2 aliphatic rings. The number of rotatable bonds is 4. The summed E-state index contributed by atoms with van der Waals surface area (Å²) in [5, 5.41) is 0. The van der Waals surface area contributed by atoms with Gasteiger partial charge in [-0.1, -0.05) is 46.4 Å². The van der Waals surface area contributed by atoms with Crippen LogP contribution in [-0.2, 0) is 0 Å². The van der Waals surface area contributed by atoms with E-state index in [0.717, 1.165) is 11.3 Å². The van der Waals surface area contributed by atoms with E-state index < -0.39 is 0 Å². The Bertz CT molecular complexity index is 254. The van der Waals surface area contributed by atoms with Gasteiger partial charge in [-0.25, -0.2) is 0 Å². The summed E-state index contributed by atoms with van der Waals surface area (Å²) in [4.78, 5) is 2.65. The molecule has 2 heteroatoms. The van der Waals surface area contributed by atoms with E-state index in [1.54, 1.807) is 25.7 Å². The Labute approximate surface area is 128 Å². The van der Waals surface area contributed by atoms with E-state index in [1.807, 2.05) is 0 Å². The topological polar surface area (TPSA) is 3.24 Å². The average Bonchev–Trinajstić information content (AvgIpc) is 2.45. The summed E-state index contributed by atoms with van der Waals surface area (Å²) >= 11 is 0. The standard InChI is InChI=1S/C18H36NP/c1-18(2,3)19(4)15-20(16-11-7-5-8-12-16)17-13-9-6-10-14-17/h16-17H,5-15H2,1-4H3. The number of nitrogens with zero attached hydrogens (tertiary/aromatic N) is 1. The van der Waals surface area contributed by atoms with Crippen LogP contribution < -0.4 is 0 Å². The summed E-state index contributed by atoms with van der Waals surface area (Å²) in [7, 11) is 2.59. The fourth-order valence-corrected chi connectivity index (χ4v) is 7.84. The van der Waals surface area contributed by atoms with Crippen molar-refractivity contribution in [1.82, 2.24) is 4.90 Å². The van der Waals surface area contributed by atoms with E-state index in [4.69, 9.17) is 0 Å². The molecule has 0 N–H and O–H groups in total. The van der Waals surface area contributed by atoms with Gasteiger partial charge in [0, 0.05) is 11.8 Å². The molecule has 0 aliphatic heterocycles. The van der Waals surface area contributed by atoms with Gasteiger partial charge in [0.25, 0.3) is 0 Å². The highest BCUT2D eigenvalue weighted by atomic mass is 31.1. The molecule has 0 saturated heterocycles. The minimum absolute atomic E-state index is 0.225. The third kappa shape index (κ3) is 4.70. The fourth-order valence-electron chi connectivity index (χ4n) is 3.81. The van der Waals surface area contributed by atoms with Crippen LogP contribution >= 0.6 is 7.92 Å². The van der Waals surface area contributed by atoms with Gasteiger partial charge in [0.15, 0.2) is 0 Å². The third-order valence-corrected chi connectivity index (χ3v) is 9.27. The first-order valence-corrected chi connectivity index (χ1v) is 10.6. The third-order valence-electron chi connectivity index (χ3n) is 5.61. The Balaban J connectivity index is 2.02. The van der Waals surface area contributed by atoms with E-state index in [0.29, 0.717) is 5.54 Å². The van der Waals surface area contributed by atoms with Gasteiger partial charge in [-0.3, -0.25) is 4.90 Å². The van der Waals surface area contributed by atoms with Crippen LogP contribution in [0.1, 0.15) is 85.0 Å². The van der Waals surface area contributed by atoms with Crippen molar-refractivity contribution in [2.75, 3.05) is 13.3 Å². The summed E-state index contributed by atoms with van der Waals surface area (Å²) in [6.45, 7) is 7.13. The average molecular weight is 297 g/mol. The lowest BCUT2D eigenvalue weighted by Crippen LogP contribution is -2.40. The molecule has 0 aromatic rings. The quantitative estimate of drug-likeness (QED) is 0.591. The zero-order valence-electron chi connectivity index (χ0n) is 14.3. The first-order chi connectivity index (χ1) is 9.48. The van der Waals surface area contributed by atoms with E-state index in [1.165, 1.54) is 44.8 Å². The minimum atomic E-state index is 0.225. The molecule has 0 spiro atoms. The molecule has 2 fully saturated rings. The molecular weight excluding hydrogens is 261 g/mol. The monoisotopic (exact) mass is 297 g/mol. The fraction of sp³-hybridized carbons (Fsp3) is 1.00. The molecular formula is C18H36NP. The van der Waals surface area contributed by atoms with Crippen molar-refractivity contribution in [3.63, 3.8) is 0 Å². The Kier molecular flexibility index (Phi) is 6.36. The first-order valence-electron chi connectivity index (χ1n) is 8.95. The maximum absolute atomic E-state index is 2.65. The van der Waals surface area contributed by atoms with Crippen LogP contribution in [-0.4, -0.2) is 35.1 Å². The predicted octanol–water partition coefficient (Wildman–Crippen LogP) is 5.82. The molecule has 2 aliphatic carbocycles. The molecule has 1 nitrogen and oxygen atoms in total. The highest BCUT2D eigenvalue weighted by molar-refractivity contribution is 7.59. The second-order valence-electron chi connectivity index (χ2n) is 8.11. The van der Waals surface area contributed by atoms with Crippen LogP contribution in [0.2, 0.25) is 0 Å². The molecule has 0 unspecified atom stereocenters. The van der Waals surface area contributed by atoms with Crippen molar-refractivity contribution >= 4 is 7.92 Å². The maximum atomic E-state index is 2.65. The molecule has 118 valence electrons. The zero-order chi connectivity index (χ0) is 14.6. The largest absolute Gasteiger partial charge is 0.297 e. The molecule has 0 aromatic carbocycles. The van der Waals surface area contributed by atoms with E-state index in [2.05, 4.69) is 32.7 Å². The molecule has 0 aromatic heterocycles. The summed E-state index contributed by atoms with van der Waals surface area (Å²) in [5.41, 5.74) is 2.52. The normalized spacial score (nSPS) is 23.7. The van der Waals surface area contributed by atoms with Crippen LogP contribution in [0.25, 0.3) is 0 Å². The van der Waals surface area contributed by atoms with Crippen molar-refractivity contribution in [3.05, 3.63) is 0 Å². The van der Waals surface area contributed by atoms with Gasteiger partial charge < -0.3 is 0 Å². The molecule has 2 saturated carbocycles. The minimum Gasteiger partial charge on any atom is -0.297 e. The Morgan fingerprint density at radius 3 is 1.55 bits per heavy atom. The van der Waals surface area contributed by atoms with Gasteiger partial charge >= 0.3 is 0 Å². The highest BCUT2D eigenvalue weighted by Gasteiger charge is 2.33. The van der Waals surface area contributed by atoms with Gasteiger partial charge in [-0.05, 0) is 64.8 Å². The summed E-state index contributed by atoms with van der Waals surface area (Å²) in [5.74, 6) is 0. The van der Waals surface area contributed by atoms with E-state index in [9.17, 15) is 0 Å². The number of hydrogen-bond acceptors (Lipinski definition) is 1. The lowest BCUT2D eigenvalue weighted by atomic mass is 9.99. The van der Waals surface area contributed by atoms with Crippen LogP contribution in [0, 0.1) is 0 Å². The van der Waals surface area contributed by atoms with Gasteiger partial charge in [0.2, 0.25) is 0 Å². The number of hydrogen-bond donors (Lipinski definition) is 0. The summed E-state index contributed by atoms with van der Waals surface area (Å²) < 4.78 is 0. The molecule has 2 rings (SSSR count). The van der Waals surface area contributed by atoms with E-state index >= 15 is 0 Å². The smallest absolute Gasteiger partial charge is 0.0191 e. The van der Waals surface area contributed by atoms with Crippen molar-refractivity contribution in [2.24, 2.45) is 0 Å². The van der Waals surface area contributed by atoms with Crippen molar-refractivity contribution in [1.29, 1.82) is 0 Å². The van der Waals surface area contributed by atoms with Gasteiger partial charge in [-0.15, -0.1) is 0 Å². The van der Waals surface area contributed by atoms with Gasteiger partial charge in [0.05, 0.1) is 0 Å². The Hall–Kier alpha value is 0.390. The zero-order valence-corrected chi connectivity index (χ0v) is 15.2. The Morgan fingerprint density at radius 1 is 0.800 bits per heavy atom. The van der Waals surface area contributed by atoms with Crippen LogP contribution in [0.5, 0.6) is 0 Å². The van der Waals surface area contributed by atoms with Crippen LogP contribution in [0.3, 0.4) is 0 Å². The van der Waals surface area contributed by atoms with Crippen LogP contribution in [0.4, 0.5) is 0 Å². The molecule has 0 bridgehead atoms. The summed E-state index contributed by atoms with van der Waals surface area (Å²) in [6, 6.07) is 0. The Morgan fingerprint density at radius 2 is 1.20 bits per heavy atom. The molecule has 20 heavy (non-hydrogen) atoms. The molecule has 0 heterocycles. The second kappa shape index (κ2) is 7.59. The molecule has 0 atom stereocenters. The molecule has 0 radical (unpaired) electrons.